The number of aromatic nitrogens is 2. The third-order valence-corrected chi connectivity index (χ3v) is 3.65. The van der Waals surface area contributed by atoms with Crippen LogP contribution in [-0.4, -0.2) is 34.0 Å². The van der Waals surface area contributed by atoms with Crippen molar-refractivity contribution in [3.8, 4) is 10.7 Å². The molecule has 2 atom stereocenters. The maximum Gasteiger partial charge on any atom is 0.150 e. The van der Waals surface area contributed by atoms with Crippen molar-refractivity contribution in [2.45, 2.75) is 12.1 Å². The highest BCUT2D eigenvalue weighted by Crippen LogP contribution is 2.28. The SMILES string of the molecule is O[C@@H]1COC[C@@H]1n1ccnc1-c1cccs1. The Kier molecular flexibility index (Phi) is 2.51. The van der Waals surface area contributed by atoms with Crippen LogP contribution in [-0.2, 0) is 4.74 Å². The van der Waals surface area contributed by atoms with Crippen molar-refractivity contribution in [1.29, 1.82) is 0 Å². The summed E-state index contributed by atoms with van der Waals surface area (Å²) in [7, 11) is 0. The Bertz CT molecular complexity index is 466. The Labute approximate surface area is 97.1 Å². The number of hydrogen-bond donors (Lipinski definition) is 1. The molecule has 3 heterocycles. The van der Waals surface area contributed by atoms with E-state index in [4.69, 9.17) is 4.74 Å². The van der Waals surface area contributed by atoms with Crippen molar-refractivity contribution >= 4 is 11.3 Å². The summed E-state index contributed by atoms with van der Waals surface area (Å²) >= 11 is 1.65. The number of imidazole rings is 1. The lowest BCUT2D eigenvalue weighted by molar-refractivity contribution is 0.119. The molecule has 1 aliphatic heterocycles. The second-order valence-corrected chi connectivity index (χ2v) is 4.76. The molecule has 0 radical (unpaired) electrons. The third kappa shape index (κ3) is 1.57. The molecule has 0 amide bonds. The fourth-order valence-corrected chi connectivity index (χ4v) is 2.70. The minimum Gasteiger partial charge on any atom is -0.388 e. The number of nitrogens with zero attached hydrogens (tertiary/aromatic N) is 2. The molecule has 16 heavy (non-hydrogen) atoms. The molecule has 84 valence electrons. The molecule has 0 spiro atoms. The van der Waals surface area contributed by atoms with Crippen LogP contribution in [0.15, 0.2) is 29.9 Å². The Morgan fingerprint density at radius 2 is 2.44 bits per heavy atom. The number of aliphatic hydroxyl groups excluding tert-OH is 1. The zero-order valence-corrected chi connectivity index (χ0v) is 9.43. The van der Waals surface area contributed by atoms with Gasteiger partial charge in [-0.2, -0.15) is 0 Å². The summed E-state index contributed by atoms with van der Waals surface area (Å²) in [4.78, 5) is 5.46. The van der Waals surface area contributed by atoms with Crippen LogP contribution in [0.2, 0.25) is 0 Å². The highest BCUT2D eigenvalue weighted by Gasteiger charge is 2.29. The molecule has 0 aliphatic carbocycles. The second-order valence-electron chi connectivity index (χ2n) is 3.81. The molecule has 4 nitrogen and oxygen atoms in total. The Morgan fingerprint density at radius 3 is 3.12 bits per heavy atom. The maximum absolute atomic E-state index is 9.81. The van der Waals surface area contributed by atoms with Crippen LogP contribution in [0.5, 0.6) is 0 Å². The van der Waals surface area contributed by atoms with Gasteiger partial charge in [-0.25, -0.2) is 4.98 Å². The first-order chi connectivity index (χ1) is 7.86. The third-order valence-electron chi connectivity index (χ3n) is 2.79. The summed E-state index contributed by atoms with van der Waals surface area (Å²) in [6.07, 6.45) is 3.23. The van der Waals surface area contributed by atoms with Crippen molar-refractivity contribution < 1.29 is 9.84 Å². The lowest BCUT2D eigenvalue weighted by Gasteiger charge is -2.16. The van der Waals surface area contributed by atoms with Gasteiger partial charge in [-0.1, -0.05) is 6.07 Å². The molecule has 0 aromatic carbocycles. The molecule has 5 heteroatoms. The number of ether oxygens (including phenoxy) is 1. The Hall–Kier alpha value is -1.17. The number of thiophene rings is 1. The normalized spacial score (nSPS) is 25.1. The predicted octanol–water partition coefficient (Wildman–Crippen LogP) is 1.54. The lowest BCUT2D eigenvalue weighted by Crippen LogP contribution is -2.22. The molecular formula is C11H12N2O2S. The van der Waals surface area contributed by atoms with Gasteiger partial charge in [0, 0.05) is 12.4 Å². The molecule has 3 rings (SSSR count). The van der Waals surface area contributed by atoms with E-state index in [1.54, 1.807) is 17.5 Å². The highest BCUT2D eigenvalue weighted by atomic mass is 32.1. The van der Waals surface area contributed by atoms with Gasteiger partial charge in [0.05, 0.1) is 24.1 Å². The van der Waals surface area contributed by atoms with Gasteiger partial charge in [0.15, 0.2) is 0 Å². The van der Waals surface area contributed by atoms with E-state index in [1.807, 2.05) is 28.3 Å². The first kappa shape index (κ1) is 10.0. The number of aliphatic hydroxyl groups is 1. The molecule has 2 aromatic rings. The average Bonchev–Trinajstić information content (AvgIpc) is 2.95. The van der Waals surface area contributed by atoms with E-state index >= 15 is 0 Å². The smallest absolute Gasteiger partial charge is 0.150 e. The molecule has 0 bridgehead atoms. The van der Waals surface area contributed by atoms with Gasteiger partial charge >= 0.3 is 0 Å². The van der Waals surface area contributed by atoms with E-state index in [-0.39, 0.29) is 6.04 Å². The summed E-state index contributed by atoms with van der Waals surface area (Å²) in [5.41, 5.74) is 0. The topological polar surface area (TPSA) is 47.3 Å². The van der Waals surface area contributed by atoms with E-state index in [9.17, 15) is 5.11 Å². The quantitative estimate of drug-likeness (QED) is 0.860. The van der Waals surface area contributed by atoms with Crippen molar-refractivity contribution in [2.75, 3.05) is 13.2 Å². The van der Waals surface area contributed by atoms with Gasteiger partial charge in [-0.15, -0.1) is 11.3 Å². The van der Waals surface area contributed by atoms with Gasteiger partial charge in [0.25, 0.3) is 0 Å². The van der Waals surface area contributed by atoms with Crippen LogP contribution in [0.4, 0.5) is 0 Å². The van der Waals surface area contributed by atoms with Gasteiger partial charge < -0.3 is 14.4 Å². The van der Waals surface area contributed by atoms with Crippen LogP contribution in [0.3, 0.4) is 0 Å². The summed E-state index contributed by atoms with van der Waals surface area (Å²) < 4.78 is 7.27. The van der Waals surface area contributed by atoms with Crippen LogP contribution in [0.1, 0.15) is 6.04 Å². The summed E-state index contributed by atoms with van der Waals surface area (Å²) in [5, 5.41) is 11.8. The molecule has 1 fully saturated rings. The van der Waals surface area contributed by atoms with Gasteiger partial charge in [0.1, 0.15) is 11.9 Å². The van der Waals surface area contributed by atoms with Gasteiger partial charge in [0.2, 0.25) is 0 Å². The number of hydrogen-bond acceptors (Lipinski definition) is 4. The fraction of sp³-hybridized carbons (Fsp3) is 0.364. The highest BCUT2D eigenvalue weighted by molar-refractivity contribution is 7.13. The van der Waals surface area contributed by atoms with Crippen molar-refractivity contribution in [3.05, 3.63) is 29.9 Å². The van der Waals surface area contributed by atoms with Crippen LogP contribution in [0.25, 0.3) is 10.7 Å². The Morgan fingerprint density at radius 1 is 1.50 bits per heavy atom. The van der Waals surface area contributed by atoms with Crippen molar-refractivity contribution in [2.24, 2.45) is 0 Å². The largest absolute Gasteiger partial charge is 0.388 e. The lowest BCUT2D eigenvalue weighted by atomic mass is 10.2. The zero-order chi connectivity index (χ0) is 11.0. The fourth-order valence-electron chi connectivity index (χ4n) is 1.97. The average molecular weight is 236 g/mol. The zero-order valence-electron chi connectivity index (χ0n) is 8.61. The molecule has 0 unspecified atom stereocenters. The van der Waals surface area contributed by atoms with Crippen molar-refractivity contribution in [3.63, 3.8) is 0 Å². The standard InChI is InChI=1S/C11H12N2O2S/c14-9-7-15-6-8(9)13-4-3-12-11(13)10-2-1-5-16-10/h1-5,8-9,14H,6-7H2/t8-,9+/m0/s1. The van der Waals surface area contributed by atoms with E-state index in [0.717, 1.165) is 10.7 Å². The molecule has 1 saturated heterocycles. The first-order valence-electron chi connectivity index (χ1n) is 5.19. The van der Waals surface area contributed by atoms with Crippen molar-refractivity contribution in [1.82, 2.24) is 9.55 Å². The molecule has 2 aromatic heterocycles. The van der Waals surface area contributed by atoms with E-state index < -0.39 is 6.10 Å². The molecule has 1 N–H and O–H groups in total. The predicted molar refractivity (Wildman–Crippen MR) is 61.4 cm³/mol. The van der Waals surface area contributed by atoms with Gasteiger partial charge in [-0.3, -0.25) is 0 Å². The van der Waals surface area contributed by atoms with E-state index in [1.165, 1.54) is 0 Å². The molecule has 0 saturated carbocycles. The monoisotopic (exact) mass is 236 g/mol. The first-order valence-corrected chi connectivity index (χ1v) is 6.07. The van der Waals surface area contributed by atoms with Crippen LogP contribution < -0.4 is 0 Å². The minimum atomic E-state index is -0.437. The summed E-state index contributed by atoms with van der Waals surface area (Å²) in [6, 6.07) is 4.02. The summed E-state index contributed by atoms with van der Waals surface area (Å²) in [5.74, 6) is 0.907. The molecular weight excluding hydrogens is 224 g/mol. The maximum atomic E-state index is 9.81. The van der Waals surface area contributed by atoms with E-state index in [0.29, 0.717) is 13.2 Å². The van der Waals surface area contributed by atoms with Gasteiger partial charge in [-0.05, 0) is 11.4 Å². The Balaban J connectivity index is 1.99. The second kappa shape index (κ2) is 4.01. The molecule has 1 aliphatic rings. The summed E-state index contributed by atoms with van der Waals surface area (Å²) in [6.45, 7) is 0.961. The van der Waals surface area contributed by atoms with Crippen LogP contribution in [0, 0.1) is 0 Å². The van der Waals surface area contributed by atoms with E-state index in [2.05, 4.69) is 4.98 Å². The van der Waals surface area contributed by atoms with Crippen LogP contribution >= 0.6 is 11.3 Å². The number of rotatable bonds is 2. The minimum absolute atomic E-state index is 0.0143.